The van der Waals surface area contributed by atoms with Crippen LogP contribution < -0.4 is 0 Å². The summed E-state index contributed by atoms with van der Waals surface area (Å²) in [6.45, 7) is 7.98. The molecule has 13 heavy (non-hydrogen) atoms. The summed E-state index contributed by atoms with van der Waals surface area (Å²) < 4.78 is 0. The second-order valence-electron chi connectivity index (χ2n) is 4.29. The Bertz CT molecular complexity index is 207. The number of aliphatic hydroxyl groups is 1. The molecule has 0 aromatic carbocycles. The normalized spacial score (nSPS) is 35.8. The molecule has 1 heteroatoms. The Balaban J connectivity index is 2.65. The summed E-state index contributed by atoms with van der Waals surface area (Å²) in [4.78, 5) is 0. The predicted molar refractivity (Wildman–Crippen MR) is 56.5 cm³/mol. The van der Waals surface area contributed by atoms with Gasteiger partial charge in [0.05, 0.1) is 5.60 Å². The lowest BCUT2D eigenvalue weighted by atomic mass is 9.77. The first-order valence-corrected chi connectivity index (χ1v) is 5.11. The van der Waals surface area contributed by atoms with E-state index in [-0.39, 0.29) is 5.92 Å². The molecule has 1 N–H and O–H groups in total. The number of hydrogen-bond acceptors (Lipinski definition) is 1. The second kappa shape index (κ2) is 4.10. The molecule has 0 bridgehead atoms. The molecule has 74 valence electrons. The maximum Gasteiger partial charge on any atom is 0.0856 e. The molecule has 1 nitrogen and oxygen atoms in total. The van der Waals surface area contributed by atoms with E-state index < -0.39 is 5.60 Å². The highest BCUT2D eigenvalue weighted by Crippen LogP contribution is 2.33. The average molecular weight is 180 g/mol. The lowest BCUT2D eigenvalue weighted by Gasteiger charge is -2.34. The van der Waals surface area contributed by atoms with E-state index in [1.807, 2.05) is 12.2 Å². The Labute approximate surface area is 81.2 Å². The fourth-order valence-electron chi connectivity index (χ4n) is 1.83. The summed E-state index contributed by atoms with van der Waals surface area (Å²) in [5, 5.41) is 10.3. The third kappa shape index (κ3) is 2.44. The minimum atomic E-state index is -0.583. The first-order valence-electron chi connectivity index (χ1n) is 5.11. The van der Waals surface area contributed by atoms with Gasteiger partial charge in [0.1, 0.15) is 0 Å². The molecular weight excluding hydrogens is 160 g/mol. The van der Waals surface area contributed by atoms with Crippen molar-refractivity contribution >= 4 is 0 Å². The van der Waals surface area contributed by atoms with E-state index in [0.29, 0.717) is 5.92 Å². The standard InChI is InChI=1S/C12H20O/c1-4-5-11(3)12(13)8-6-10(2)7-9-12/h4,6,8,10-11,13H,1,5,7,9H2,2-3H3. The van der Waals surface area contributed by atoms with Crippen LogP contribution in [0.3, 0.4) is 0 Å². The maximum absolute atomic E-state index is 10.3. The van der Waals surface area contributed by atoms with Crippen LogP contribution >= 0.6 is 0 Å². The Morgan fingerprint density at radius 3 is 2.92 bits per heavy atom. The van der Waals surface area contributed by atoms with Crippen LogP contribution in [-0.4, -0.2) is 10.7 Å². The molecule has 1 aliphatic rings. The van der Waals surface area contributed by atoms with Gasteiger partial charge in [0.2, 0.25) is 0 Å². The van der Waals surface area contributed by atoms with Crippen molar-refractivity contribution in [3.63, 3.8) is 0 Å². The van der Waals surface area contributed by atoms with Gasteiger partial charge < -0.3 is 5.11 Å². The van der Waals surface area contributed by atoms with Crippen molar-refractivity contribution in [1.29, 1.82) is 0 Å². The maximum atomic E-state index is 10.3. The SMILES string of the molecule is C=CCC(C)C1(O)C=CC(C)CC1. The number of rotatable bonds is 3. The van der Waals surface area contributed by atoms with Gasteiger partial charge in [-0.1, -0.05) is 32.1 Å². The van der Waals surface area contributed by atoms with E-state index in [4.69, 9.17) is 0 Å². The molecule has 0 amide bonds. The molecule has 0 saturated carbocycles. The van der Waals surface area contributed by atoms with Gasteiger partial charge in [-0.3, -0.25) is 0 Å². The Morgan fingerprint density at radius 2 is 2.46 bits per heavy atom. The zero-order valence-corrected chi connectivity index (χ0v) is 8.66. The van der Waals surface area contributed by atoms with Gasteiger partial charge in [0, 0.05) is 0 Å². The second-order valence-corrected chi connectivity index (χ2v) is 4.29. The Morgan fingerprint density at radius 1 is 1.77 bits per heavy atom. The molecule has 3 atom stereocenters. The zero-order chi connectivity index (χ0) is 9.90. The van der Waals surface area contributed by atoms with E-state index >= 15 is 0 Å². The van der Waals surface area contributed by atoms with Gasteiger partial charge in [0.25, 0.3) is 0 Å². The van der Waals surface area contributed by atoms with Gasteiger partial charge in [-0.05, 0) is 31.1 Å². The van der Waals surface area contributed by atoms with Gasteiger partial charge in [-0.2, -0.15) is 0 Å². The summed E-state index contributed by atoms with van der Waals surface area (Å²) in [6, 6.07) is 0. The van der Waals surface area contributed by atoms with Crippen molar-refractivity contribution in [2.45, 2.75) is 38.7 Å². The largest absolute Gasteiger partial charge is 0.386 e. The van der Waals surface area contributed by atoms with Crippen LogP contribution in [-0.2, 0) is 0 Å². The molecule has 0 saturated heterocycles. The third-order valence-electron chi connectivity index (χ3n) is 3.09. The van der Waals surface area contributed by atoms with Crippen molar-refractivity contribution in [3.05, 3.63) is 24.8 Å². The van der Waals surface area contributed by atoms with E-state index in [0.717, 1.165) is 19.3 Å². The molecule has 0 fully saturated rings. The monoisotopic (exact) mass is 180 g/mol. The summed E-state index contributed by atoms with van der Waals surface area (Å²) in [6.07, 6.45) is 8.86. The van der Waals surface area contributed by atoms with Crippen LogP contribution in [0.4, 0.5) is 0 Å². The van der Waals surface area contributed by atoms with Gasteiger partial charge in [-0.15, -0.1) is 6.58 Å². The molecule has 0 aliphatic heterocycles. The minimum absolute atomic E-state index is 0.286. The van der Waals surface area contributed by atoms with E-state index in [1.165, 1.54) is 0 Å². The first-order chi connectivity index (χ1) is 6.08. The van der Waals surface area contributed by atoms with E-state index in [1.54, 1.807) is 0 Å². The Kier molecular flexibility index (Phi) is 3.32. The van der Waals surface area contributed by atoms with Crippen molar-refractivity contribution in [3.8, 4) is 0 Å². The van der Waals surface area contributed by atoms with E-state index in [9.17, 15) is 5.11 Å². The Hall–Kier alpha value is -0.560. The number of hydrogen-bond donors (Lipinski definition) is 1. The highest BCUT2D eigenvalue weighted by molar-refractivity contribution is 5.09. The smallest absolute Gasteiger partial charge is 0.0856 e. The van der Waals surface area contributed by atoms with Crippen LogP contribution in [0.5, 0.6) is 0 Å². The van der Waals surface area contributed by atoms with Crippen LogP contribution in [0.2, 0.25) is 0 Å². The molecule has 0 aromatic rings. The molecule has 1 aliphatic carbocycles. The van der Waals surface area contributed by atoms with Crippen LogP contribution in [0.1, 0.15) is 33.1 Å². The first kappa shape index (κ1) is 10.5. The van der Waals surface area contributed by atoms with Crippen LogP contribution in [0, 0.1) is 11.8 Å². The quantitative estimate of drug-likeness (QED) is 0.662. The van der Waals surface area contributed by atoms with Crippen LogP contribution in [0.15, 0.2) is 24.8 Å². The van der Waals surface area contributed by atoms with Crippen LogP contribution in [0.25, 0.3) is 0 Å². The lowest BCUT2D eigenvalue weighted by molar-refractivity contribution is 0.0187. The molecule has 1 rings (SSSR count). The summed E-state index contributed by atoms with van der Waals surface area (Å²) in [5.74, 6) is 0.907. The third-order valence-corrected chi connectivity index (χ3v) is 3.09. The summed E-state index contributed by atoms with van der Waals surface area (Å²) in [5.41, 5.74) is -0.583. The van der Waals surface area contributed by atoms with E-state index in [2.05, 4.69) is 26.5 Å². The van der Waals surface area contributed by atoms with Crippen molar-refractivity contribution in [2.75, 3.05) is 0 Å². The number of allylic oxidation sites excluding steroid dienone is 2. The zero-order valence-electron chi connectivity index (χ0n) is 8.66. The van der Waals surface area contributed by atoms with Gasteiger partial charge >= 0.3 is 0 Å². The molecule has 0 radical (unpaired) electrons. The molecule has 3 unspecified atom stereocenters. The summed E-state index contributed by atoms with van der Waals surface area (Å²) >= 11 is 0. The fraction of sp³-hybridized carbons (Fsp3) is 0.667. The fourth-order valence-corrected chi connectivity index (χ4v) is 1.83. The molecule has 0 heterocycles. The predicted octanol–water partition coefficient (Wildman–Crippen LogP) is 2.92. The lowest BCUT2D eigenvalue weighted by Crippen LogP contribution is -2.36. The van der Waals surface area contributed by atoms with Crippen molar-refractivity contribution in [1.82, 2.24) is 0 Å². The topological polar surface area (TPSA) is 20.2 Å². The highest BCUT2D eigenvalue weighted by atomic mass is 16.3. The highest BCUT2D eigenvalue weighted by Gasteiger charge is 2.32. The summed E-state index contributed by atoms with van der Waals surface area (Å²) in [7, 11) is 0. The van der Waals surface area contributed by atoms with Crippen molar-refractivity contribution in [2.24, 2.45) is 11.8 Å². The average Bonchev–Trinajstić information content (AvgIpc) is 2.11. The minimum Gasteiger partial charge on any atom is -0.386 e. The van der Waals surface area contributed by atoms with Crippen molar-refractivity contribution < 1.29 is 5.11 Å². The molecular formula is C12H20O. The van der Waals surface area contributed by atoms with Gasteiger partial charge in [-0.25, -0.2) is 0 Å². The molecule has 0 spiro atoms. The molecule has 0 aromatic heterocycles. The van der Waals surface area contributed by atoms with Gasteiger partial charge in [0.15, 0.2) is 0 Å².